The summed E-state index contributed by atoms with van der Waals surface area (Å²) in [5.74, 6) is 0.658. The number of rotatable bonds is 7. The average molecular weight is 447 g/mol. The zero-order valence-corrected chi connectivity index (χ0v) is 19.3. The Morgan fingerprint density at radius 2 is 1.72 bits per heavy atom. The highest BCUT2D eigenvalue weighted by Crippen LogP contribution is 2.32. The number of carbonyl (C=O) groups is 3. The topological polar surface area (TPSA) is 100 Å². The number of likely N-dealkylation sites (N-methyl/N-ethyl adjacent to an activating group) is 1. The van der Waals surface area contributed by atoms with Gasteiger partial charge in [-0.2, -0.15) is 0 Å². The molecule has 0 saturated carbocycles. The van der Waals surface area contributed by atoms with Crippen LogP contribution in [0.1, 0.15) is 50.9 Å². The second-order valence-electron chi connectivity index (χ2n) is 8.46. The maximum atomic E-state index is 13.3. The quantitative estimate of drug-likeness (QED) is 0.669. The van der Waals surface area contributed by atoms with E-state index in [1.165, 1.54) is 0 Å². The van der Waals surface area contributed by atoms with Crippen molar-refractivity contribution in [2.75, 3.05) is 33.0 Å². The Kier molecular flexibility index (Phi) is 7.82. The Bertz CT molecular complexity index is 832. The molecule has 1 aromatic carbocycles. The van der Waals surface area contributed by atoms with Crippen LogP contribution in [0.25, 0.3) is 0 Å². The monoisotopic (exact) mass is 446 g/mol. The van der Waals surface area contributed by atoms with E-state index in [0.717, 1.165) is 0 Å². The summed E-state index contributed by atoms with van der Waals surface area (Å²) < 4.78 is 10.7. The smallest absolute Gasteiger partial charge is 0.317 e. The number of piperidine rings is 1. The van der Waals surface area contributed by atoms with Gasteiger partial charge in [-0.1, -0.05) is 0 Å². The van der Waals surface area contributed by atoms with E-state index in [2.05, 4.69) is 10.6 Å². The zero-order valence-electron chi connectivity index (χ0n) is 19.3. The van der Waals surface area contributed by atoms with E-state index in [1.807, 2.05) is 27.7 Å². The van der Waals surface area contributed by atoms with E-state index in [-0.39, 0.29) is 36.6 Å². The van der Waals surface area contributed by atoms with Gasteiger partial charge in [0, 0.05) is 37.8 Å². The molecule has 0 spiro atoms. The van der Waals surface area contributed by atoms with Gasteiger partial charge in [0.2, 0.25) is 12.7 Å². The van der Waals surface area contributed by atoms with Crippen molar-refractivity contribution in [2.45, 2.75) is 52.6 Å². The van der Waals surface area contributed by atoms with Crippen LogP contribution in [0.4, 0.5) is 4.79 Å². The van der Waals surface area contributed by atoms with E-state index < -0.39 is 6.04 Å². The minimum atomic E-state index is -0.650. The fourth-order valence-corrected chi connectivity index (χ4v) is 4.15. The second-order valence-corrected chi connectivity index (χ2v) is 8.46. The molecule has 32 heavy (non-hydrogen) atoms. The number of hydrogen-bond donors (Lipinski definition) is 2. The van der Waals surface area contributed by atoms with E-state index in [0.29, 0.717) is 56.1 Å². The van der Waals surface area contributed by atoms with Crippen molar-refractivity contribution in [3.8, 4) is 11.5 Å². The van der Waals surface area contributed by atoms with Gasteiger partial charge in [0.05, 0.1) is 0 Å². The van der Waals surface area contributed by atoms with E-state index in [4.69, 9.17) is 9.47 Å². The van der Waals surface area contributed by atoms with Gasteiger partial charge in [-0.3, -0.25) is 9.59 Å². The van der Waals surface area contributed by atoms with Crippen molar-refractivity contribution in [3.63, 3.8) is 0 Å². The number of urea groups is 1. The maximum absolute atomic E-state index is 13.3. The molecule has 1 aromatic rings. The molecule has 0 aromatic heterocycles. The number of nitrogens with zero attached hydrogens (tertiary/aromatic N) is 2. The Morgan fingerprint density at radius 1 is 1.06 bits per heavy atom. The van der Waals surface area contributed by atoms with Crippen molar-refractivity contribution in [3.05, 3.63) is 23.8 Å². The van der Waals surface area contributed by atoms with Crippen LogP contribution in [0.5, 0.6) is 11.5 Å². The molecule has 2 aliphatic heterocycles. The van der Waals surface area contributed by atoms with Crippen molar-refractivity contribution in [2.24, 2.45) is 5.92 Å². The molecule has 2 aliphatic rings. The summed E-state index contributed by atoms with van der Waals surface area (Å²) in [6, 6.07) is 4.33. The summed E-state index contributed by atoms with van der Waals surface area (Å²) in [5.41, 5.74) is 0.417. The predicted molar refractivity (Wildman–Crippen MR) is 120 cm³/mol. The molecule has 9 heteroatoms. The van der Waals surface area contributed by atoms with Gasteiger partial charge in [-0.25, -0.2) is 4.79 Å². The SMILES string of the molecule is CCN(CC)C(=O)[C@H](NC(=O)c1ccc2c(c1)OCO2)C1CCN(C(=O)NC(C)C)CC1. The minimum Gasteiger partial charge on any atom is -0.454 e. The third kappa shape index (κ3) is 5.44. The molecule has 1 saturated heterocycles. The first-order chi connectivity index (χ1) is 15.3. The predicted octanol–water partition coefficient (Wildman–Crippen LogP) is 2.21. The van der Waals surface area contributed by atoms with Crippen molar-refractivity contribution >= 4 is 17.8 Å². The number of amides is 4. The van der Waals surface area contributed by atoms with Crippen LogP contribution in [-0.2, 0) is 4.79 Å². The lowest BCUT2D eigenvalue weighted by molar-refractivity contribution is -0.134. The molecule has 0 aliphatic carbocycles. The molecule has 9 nitrogen and oxygen atoms in total. The molecule has 0 unspecified atom stereocenters. The molecule has 0 radical (unpaired) electrons. The zero-order chi connectivity index (χ0) is 23.3. The van der Waals surface area contributed by atoms with Gasteiger partial charge in [-0.15, -0.1) is 0 Å². The summed E-state index contributed by atoms with van der Waals surface area (Å²) in [4.78, 5) is 42.2. The molecule has 4 amide bonds. The number of ether oxygens (including phenoxy) is 2. The summed E-state index contributed by atoms with van der Waals surface area (Å²) in [6.45, 7) is 10.1. The van der Waals surface area contributed by atoms with Gasteiger partial charge in [0.15, 0.2) is 11.5 Å². The Balaban J connectivity index is 1.72. The van der Waals surface area contributed by atoms with Crippen LogP contribution in [0, 0.1) is 5.92 Å². The number of carbonyl (C=O) groups excluding carboxylic acids is 3. The minimum absolute atomic E-state index is 0.0517. The Morgan fingerprint density at radius 3 is 2.34 bits per heavy atom. The first kappa shape index (κ1) is 23.7. The largest absolute Gasteiger partial charge is 0.454 e. The molecule has 1 atom stereocenters. The van der Waals surface area contributed by atoms with Crippen LogP contribution in [0.3, 0.4) is 0 Å². The van der Waals surface area contributed by atoms with Crippen molar-refractivity contribution in [1.29, 1.82) is 0 Å². The highest BCUT2D eigenvalue weighted by Gasteiger charge is 2.36. The summed E-state index contributed by atoms with van der Waals surface area (Å²) in [7, 11) is 0. The van der Waals surface area contributed by atoms with Crippen LogP contribution >= 0.6 is 0 Å². The van der Waals surface area contributed by atoms with Crippen LogP contribution < -0.4 is 20.1 Å². The number of benzene rings is 1. The lowest BCUT2D eigenvalue weighted by Gasteiger charge is -2.37. The lowest BCUT2D eigenvalue weighted by atomic mass is 9.88. The van der Waals surface area contributed by atoms with Gasteiger partial charge in [0.1, 0.15) is 6.04 Å². The fourth-order valence-electron chi connectivity index (χ4n) is 4.15. The maximum Gasteiger partial charge on any atom is 0.317 e. The number of hydrogen-bond acceptors (Lipinski definition) is 5. The molecule has 2 N–H and O–H groups in total. The van der Waals surface area contributed by atoms with Gasteiger partial charge >= 0.3 is 6.03 Å². The number of likely N-dealkylation sites (tertiary alicyclic amines) is 1. The van der Waals surface area contributed by atoms with Crippen molar-refractivity contribution in [1.82, 2.24) is 20.4 Å². The van der Waals surface area contributed by atoms with E-state index in [1.54, 1.807) is 28.0 Å². The van der Waals surface area contributed by atoms with E-state index >= 15 is 0 Å². The average Bonchev–Trinajstić information content (AvgIpc) is 3.25. The molecular weight excluding hydrogens is 412 g/mol. The molecule has 176 valence electrons. The first-order valence-corrected chi connectivity index (χ1v) is 11.4. The fraction of sp³-hybridized carbons (Fsp3) is 0.609. The highest BCUT2D eigenvalue weighted by atomic mass is 16.7. The summed E-state index contributed by atoms with van der Waals surface area (Å²) in [6.07, 6.45) is 1.29. The summed E-state index contributed by atoms with van der Waals surface area (Å²) >= 11 is 0. The van der Waals surface area contributed by atoms with Gasteiger partial charge in [-0.05, 0) is 64.7 Å². The third-order valence-corrected chi connectivity index (χ3v) is 5.97. The molecular formula is C23H34N4O5. The molecule has 1 fully saturated rings. The highest BCUT2D eigenvalue weighted by molar-refractivity contribution is 5.98. The first-order valence-electron chi connectivity index (χ1n) is 11.4. The lowest BCUT2D eigenvalue weighted by Crippen LogP contribution is -2.55. The molecule has 3 rings (SSSR count). The standard InChI is InChI=1S/C23H34N4O5/c1-5-26(6-2)22(29)20(16-9-11-27(12-10-16)23(30)24-15(3)4)25-21(28)17-7-8-18-19(13-17)32-14-31-18/h7-8,13,15-16,20H,5-6,9-12,14H2,1-4H3,(H,24,30)(H,25,28)/t20-/m1/s1. The van der Waals surface area contributed by atoms with Gasteiger partial charge < -0.3 is 29.9 Å². The van der Waals surface area contributed by atoms with E-state index in [9.17, 15) is 14.4 Å². The third-order valence-electron chi connectivity index (χ3n) is 5.97. The van der Waals surface area contributed by atoms with Crippen LogP contribution in [0.15, 0.2) is 18.2 Å². The Labute approximate surface area is 189 Å². The van der Waals surface area contributed by atoms with Crippen LogP contribution in [-0.4, -0.2) is 72.7 Å². The Hall–Kier alpha value is -2.97. The van der Waals surface area contributed by atoms with Crippen LogP contribution in [0.2, 0.25) is 0 Å². The molecule has 0 bridgehead atoms. The normalized spacial score (nSPS) is 16.6. The van der Waals surface area contributed by atoms with Gasteiger partial charge in [0.25, 0.3) is 5.91 Å². The molecule has 2 heterocycles. The van der Waals surface area contributed by atoms with Crippen molar-refractivity contribution < 1.29 is 23.9 Å². The number of fused-ring (bicyclic) bond motifs is 1. The second kappa shape index (κ2) is 10.6. The number of nitrogens with one attached hydrogen (secondary N) is 2. The summed E-state index contributed by atoms with van der Waals surface area (Å²) in [5, 5.41) is 5.88.